The lowest BCUT2D eigenvalue weighted by molar-refractivity contribution is -0.133. The second-order valence-electron chi connectivity index (χ2n) is 4.32. The van der Waals surface area contributed by atoms with Crippen molar-refractivity contribution in [2.24, 2.45) is 0 Å². The van der Waals surface area contributed by atoms with Gasteiger partial charge >= 0.3 is 0 Å². The highest BCUT2D eigenvalue weighted by Crippen LogP contribution is 2.34. The van der Waals surface area contributed by atoms with Crippen LogP contribution in [0.5, 0.6) is 0 Å². The van der Waals surface area contributed by atoms with Crippen LogP contribution in [0.1, 0.15) is 51.9 Å². The van der Waals surface area contributed by atoms with Crippen LogP contribution in [0.2, 0.25) is 0 Å². The van der Waals surface area contributed by atoms with Crippen molar-refractivity contribution >= 4 is 5.91 Å². The van der Waals surface area contributed by atoms with Gasteiger partial charge in [-0.05, 0) is 25.7 Å². The van der Waals surface area contributed by atoms with E-state index < -0.39 is 0 Å². The van der Waals surface area contributed by atoms with E-state index in [1.54, 1.807) is 0 Å². The molecule has 0 bridgehead atoms. The first kappa shape index (κ1) is 9.04. The molecule has 0 aromatic carbocycles. The zero-order valence-corrected chi connectivity index (χ0v) is 8.46. The SMILES string of the molecule is CCC(=O)N(C1CCCC1)C1CC1. The van der Waals surface area contributed by atoms with E-state index in [4.69, 9.17) is 0 Å². The molecule has 0 aromatic heterocycles. The van der Waals surface area contributed by atoms with E-state index >= 15 is 0 Å². The van der Waals surface area contributed by atoms with Gasteiger partial charge in [-0.25, -0.2) is 0 Å². The molecule has 0 radical (unpaired) electrons. The zero-order valence-electron chi connectivity index (χ0n) is 8.46. The predicted octanol–water partition coefficient (Wildman–Crippen LogP) is 2.33. The second-order valence-corrected chi connectivity index (χ2v) is 4.32. The lowest BCUT2D eigenvalue weighted by Gasteiger charge is -2.28. The van der Waals surface area contributed by atoms with Gasteiger partial charge in [0.25, 0.3) is 0 Å². The first-order chi connectivity index (χ1) is 6.33. The molecular weight excluding hydrogens is 162 g/mol. The fraction of sp³-hybridized carbons (Fsp3) is 0.909. The summed E-state index contributed by atoms with van der Waals surface area (Å²) in [6, 6.07) is 1.22. The summed E-state index contributed by atoms with van der Waals surface area (Å²) < 4.78 is 0. The number of amides is 1. The summed E-state index contributed by atoms with van der Waals surface area (Å²) in [5.74, 6) is 0.384. The van der Waals surface area contributed by atoms with Crippen LogP contribution in [0.3, 0.4) is 0 Å². The lowest BCUT2D eigenvalue weighted by atomic mass is 10.2. The van der Waals surface area contributed by atoms with Gasteiger partial charge in [-0.1, -0.05) is 19.8 Å². The fourth-order valence-corrected chi connectivity index (χ4v) is 2.42. The summed E-state index contributed by atoms with van der Waals surface area (Å²) in [5, 5.41) is 0. The van der Waals surface area contributed by atoms with Gasteiger partial charge in [0.1, 0.15) is 0 Å². The van der Waals surface area contributed by atoms with Crippen molar-refractivity contribution in [3.63, 3.8) is 0 Å². The Morgan fingerprint density at radius 3 is 2.15 bits per heavy atom. The average Bonchev–Trinajstić information content (AvgIpc) is 2.81. The van der Waals surface area contributed by atoms with Crippen molar-refractivity contribution < 1.29 is 4.79 Å². The molecule has 2 aliphatic carbocycles. The molecule has 0 N–H and O–H groups in total. The van der Waals surface area contributed by atoms with E-state index in [0.29, 0.717) is 24.4 Å². The normalized spacial score (nSPS) is 23.5. The molecule has 2 saturated carbocycles. The van der Waals surface area contributed by atoms with Crippen molar-refractivity contribution in [3.05, 3.63) is 0 Å². The van der Waals surface area contributed by atoms with Crippen LogP contribution < -0.4 is 0 Å². The molecule has 2 fully saturated rings. The van der Waals surface area contributed by atoms with Gasteiger partial charge in [0.2, 0.25) is 5.91 Å². The van der Waals surface area contributed by atoms with E-state index in [2.05, 4.69) is 4.90 Å². The smallest absolute Gasteiger partial charge is 0.222 e. The molecule has 0 aliphatic heterocycles. The Morgan fingerprint density at radius 2 is 1.69 bits per heavy atom. The van der Waals surface area contributed by atoms with Gasteiger partial charge in [0, 0.05) is 18.5 Å². The van der Waals surface area contributed by atoms with Crippen LogP contribution >= 0.6 is 0 Å². The Kier molecular flexibility index (Phi) is 2.56. The quantitative estimate of drug-likeness (QED) is 0.654. The van der Waals surface area contributed by atoms with Gasteiger partial charge < -0.3 is 4.90 Å². The van der Waals surface area contributed by atoms with Crippen molar-refractivity contribution in [3.8, 4) is 0 Å². The molecule has 1 amide bonds. The number of carbonyl (C=O) groups is 1. The van der Waals surface area contributed by atoms with Gasteiger partial charge in [-0.3, -0.25) is 4.79 Å². The van der Waals surface area contributed by atoms with Crippen LogP contribution in [-0.2, 0) is 4.79 Å². The number of hydrogen-bond donors (Lipinski definition) is 0. The lowest BCUT2D eigenvalue weighted by Crippen LogP contribution is -2.40. The van der Waals surface area contributed by atoms with Crippen LogP contribution in [0.15, 0.2) is 0 Å². The Balaban J connectivity index is 1.99. The average molecular weight is 181 g/mol. The summed E-state index contributed by atoms with van der Waals surface area (Å²) in [6.45, 7) is 1.98. The van der Waals surface area contributed by atoms with Crippen LogP contribution in [-0.4, -0.2) is 22.9 Å². The third kappa shape index (κ3) is 1.87. The predicted molar refractivity (Wildman–Crippen MR) is 52.4 cm³/mol. The molecule has 0 aromatic rings. The van der Waals surface area contributed by atoms with E-state index in [9.17, 15) is 4.79 Å². The monoisotopic (exact) mass is 181 g/mol. The molecular formula is C11H19NO. The Labute approximate surface area is 80.3 Å². The van der Waals surface area contributed by atoms with E-state index in [1.165, 1.54) is 38.5 Å². The van der Waals surface area contributed by atoms with Crippen molar-refractivity contribution in [2.75, 3.05) is 0 Å². The van der Waals surface area contributed by atoms with Gasteiger partial charge in [0.05, 0.1) is 0 Å². The van der Waals surface area contributed by atoms with Gasteiger partial charge in [-0.15, -0.1) is 0 Å². The minimum Gasteiger partial charge on any atom is -0.337 e. The molecule has 2 aliphatic rings. The summed E-state index contributed by atoms with van der Waals surface area (Å²) in [7, 11) is 0. The number of hydrogen-bond acceptors (Lipinski definition) is 1. The Bertz CT molecular complexity index is 192. The van der Waals surface area contributed by atoms with Crippen LogP contribution in [0.25, 0.3) is 0 Å². The molecule has 74 valence electrons. The summed E-state index contributed by atoms with van der Waals surface area (Å²) >= 11 is 0. The van der Waals surface area contributed by atoms with Gasteiger partial charge in [-0.2, -0.15) is 0 Å². The maximum atomic E-state index is 11.7. The zero-order chi connectivity index (χ0) is 9.26. The van der Waals surface area contributed by atoms with Crippen molar-refractivity contribution in [1.82, 2.24) is 4.90 Å². The van der Waals surface area contributed by atoms with E-state index in [1.807, 2.05) is 6.92 Å². The number of nitrogens with zero attached hydrogens (tertiary/aromatic N) is 1. The summed E-state index contributed by atoms with van der Waals surface area (Å²) in [6.07, 6.45) is 8.34. The molecule has 13 heavy (non-hydrogen) atoms. The molecule has 0 spiro atoms. The molecule has 2 rings (SSSR count). The third-order valence-electron chi connectivity index (χ3n) is 3.25. The molecule has 0 unspecified atom stereocenters. The second kappa shape index (κ2) is 3.69. The fourth-order valence-electron chi connectivity index (χ4n) is 2.42. The molecule has 0 heterocycles. The first-order valence-corrected chi connectivity index (χ1v) is 5.64. The molecule has 0 atom stereocenters. The topological polar surface area (TPSA) is 20.3 Å². The van der Waals surface area contributed by atoms with Crippen LogP contribution in [0, 0.1) is 0 Å². The highest BCUT2D eigenvalue weighted by molar-refractivity contribution is 5.76. The maximum Gasteiger partial charge on any atom is 0.222 e. The number of carbonyl (C=O) groups excluding carboxylic acids is 1. The Hall–Kier alpha value is -0.530. The van der Waals surface area contributed by atoms with E-state index in [0.717, 1.165) is 0 Å². The molecule has 2 nitrogen and oxygen atoms in total. The maximum absolute atomic E-state index is 11.7. The molecule has 0 saturated heterocycles. The largest absolute Gasteiger partial charge is 0.337 e. The minimum absolute atomic E-state index is 0.384. The standard InChI is InChI=1S/C11H19NO/c1-2-11(13)12(10-7-8-10)9-5-3-4-6-9/h9-10H,2-8H2,1H3. The summed E-state index contributed by atoms with van der Waals surface area (Å²) in [4.78, 5) is 13.9. The minimum atomic E-state index is 0.384. The highest BCUT2D eigenvalue weighted by Gasteiger charge is 2.37. The van der Waals surface area contributed by atoms with Crippen molar-refractivity contribution in [2.45, 2.75) is 64.0 Å². The molecule has 2 heteroatoms. The summed E-state index contributed by atoms with van der Waals surface area (Å²) in [5.41, 5.74) is 0. The third-order valence-corrected chi connectivity index (χ3v) is 3.25. The van der Waals surface area contributed by atoms with Gasteiger partial charge in [0.15, 0.2) is 0 Å². The van der Waals surface area contributed by atoms with E-state index in [-0.39, 0.29) is 0 Å². The first-order valence-electron chi connectivity index (χ1n) is 5.64. The van der Waals surface area contributed by atoms with Crippen molar-refractivity contribution in [1.29, 1.82) is 0 Å². The number of rotatable bonds is 3. The highest BCUT2D eigenvalue weighted by atomic mass is 16.2. The Morgan fingerprint density at radius 1 is 1.15 bits per heavy atom. The van der Waals surface area contributed by atoms with Crippen LogP contribution in [0.4, 0.5) is 0 Å².